The zero-order valence-corrected chi connectivity index (χ0v) is 12.5. The molecule has 2 unspecified atom stereocenters. The van der Waals surface area contributed by atoms with E-state index in [1.165, 1.54) is 12.1 Å². The molecule has 4 N–H and O–H groups in total. The second kappa shape index (κ2) is 6.68. The molecule has 0 spiro atoms. The SMILES string of the molecule is Cc1ccc(F)c(C(=O)NC(C)c2ccc(C(N)O)cc2)c1. The number of halogens is 1. The fourth-order valence-electron chi connectivity index (χ4n) is 2.15. The summed E-state index contributed by atoms with van der Waals surface area (Å²) in [5.74, 6) is -1.01. The number of benzene rings is 2. The summed E-state index contributed by atoms with van der Waals surface area (Å²) >= 11 is 0. The summed E-state index contributed by atoms with van der Waals surface area (Å²) in [6.45, 7) is 3.61. The molecule has 2 aromatic carbocycles. The first-order valence-corrected chi connectivity index (χ1v) is 6.99. The van der Waals surface area contributed by atoms with Crippen LogP contribution >= 0.6 is 0 Å². The topological polar surface area (TPSA) is 75.4 Å². The van der Waals surface area contributed by atoms with E-state index in [4.69, 9.17) is 5.73 Å². The zero-order chi connectivity index (χ0) is 16.3. The number of aliphatic hydroxyl groups excluding tert-OH is 1. The molecule has 2 atom stereocenters. The van der Waals surface area contributed by atoms with E-state index >= 15 is 0 Å². The number of hydrogen-bond acceptors (Lipinski definition) is 3. The van der Waals surface area contributed by atoms with E-state index in [0.717, 1.165) is 11.1 Å². The largest absolute Gasteiger partial charge is 0.375 e. The van der Waals surface area contributed by atoms with Gasteiger partial charge in [0.1, 0.15) is 12.0 Å². The molecule has 0 aliphatic rings. The van der Waals surface area contributed by atoms with Gasteiger partial charge >= 0.3 is 0 Å². The van der Waals surface area contributed by atoms with Crippen LogP contribution in [0.3, 0.4) is 0 Å². The fraction of sp³-hybridized carbons (Fsp3) is 0.235. The molecule has 0 radical (unpaired) electrons. The van der Waals surface area contributed by atoms with Gasteiger partial charge in [-0.15, -0.1) is 0 Å². The molecule has 5 heteroatoms. The molecule has 1 amide bonds. The first-order valence-electron chi connectivity index (χ1n) is 6.99. The average molecular weight is 302 g/mol. The Morgan fingerprint density at radius 1 is 1.18 bits per heavy atom. The molecule has 4 nitrogen and oxygen atoms in total. The van der Waals surface area contributed by atoms with Crippen molar-refractivity contribution in [2.24, 2.45) is 5.73 Å². The summed E-state index contributed by atoms with van der Waals surface area (Å²) in [5.41, 5.74) is 7.65. The molecule has 2 rings (SSSR count). The van der Waals surface area contributed by atoms with Crippen LogP contribution in [0.25, 0.3) is 0 Å². The lowest BCUT2D eigenvalue weighted by molar-refractivity contribution is 0.0935. The number of carbonyl (C=O) groups excluding carboxylic acids is 1. The molecule has 0 saturated heterocycles. The Labute approximate surface area is 128 Å². The summed E-state index contributed by atoms with van der Waals surface area (Å²) in [4.78, 5) is 12.2. The van der Waals surface area contributed by atoms with Crippen LogP contribution in [0.5, 0.6) is 0 Å². The van der Waals surface area contributed by atoms with E-state index in [1.807, 2.05) is 0 Å². The van der Waals surface area contributed by atoms with Gasteiger partial charge in [0.25, 0.3) is 5.91 Å². The summed E-state index contributed by atoms with van der Waals surface area (Å²) < 4.78 is 13.7. The summed E-state index contributed by atoms with van der Waals surface area (Å²) in [6, 6.07) is 11.0. The third-order valence-corrected chi connectivity index (χ3v) is 3.49. The van der Waals surface area contributed by atoms with E-state index in [9.17, 15) is 14.3 Å². The maximum Gasteiger partial charge on any atom is 0.254 e. The second-order valence-corrected chi connectivity index (χ2v) is 5.29. The van der Waals surface area contributed by atoms with Gasteiger partial charge in [0.2, 0.25) is 0 Å². The van der Waals surface area contributed by atoms with E-state index in [1.54, 1.807) is 44.2 Å². The number of nitrogens with one attached hydrogen (secondary N) is 1. The van der Waals surface area contributed by atoms with Gasteiger partial charge in [0.05, 0.1) is 11.6 Å². The third-order valence-electron chi connectivity index (χ3n) is 3.49. The van der Waals surface area contributed by atoms with Crippen molar-refractivity contribution in [2.45, 2.75) is 26.1 Å². The smallest absolute Gasteiger partial charge is 0.254 e. The summed E-state index contributed by atoms with van der Waals surface area (Å²) in [7, 11) is 0. The van der Waals surface area contributed by atoms with E-state index in [-0.39, 0.29) is 11.6 Å². The van der Waals surface area contributed by atoms with Crippen molar-refractivity contribution in [1.29, 1.82) is 0 Å². The van der Waals surface area contributed by atoms with Gasteiger partial charge in [-0.05, 0) is 37.1 Å². The van der Waals surface area contributed by atoms with Crippen molar-refractivity contribution < 1.29 is 14.3 Å². The molecule has 0 fully saturated rings. The van der Waals surface area contributed by atoms with Gasteiger partial charge in [-0.2, -0.15) is 0 Å². The van der Waals surface area contributed by atoms with Gasteiger partial charge in [-0.1, -0.05) is 35.9 Å². The molecular weight excluding hydrogens is 283 g/mol. The van der Waals surface area contributed by atoms with Gasteiger partial charge in [-0.25, -0.2) is 4.39 Å². The molecule has 0 aromatic heterocycles. The van der Waals surface area contributed by atoms with Crippen molar-refractivity contribution in [3.8, 4) is 0 Å². The molecule has 116 valence electrons. The molecule has 0 aliphatic heterocycles. The second-order valence-electron chi connectivity index (χ2n) is 5.29. The van der Waals surface area contributed by atoms with Crippen LogP contribution in [-0.4, -0.2) is 11.0 Å². The summed E-state index contributed by atoms with van der Waals surface area (Å²) in [5, 5.41) is 12.0. The van der Waals surface area contributed by atoms with E-state index in [0.29, 0.717) is 5.56 Å². The highest BCUT2D eigenvalue weighted by molar-refractivity contribution is 5.94. The van der Waals surface area contributed by atoms with Crippen molar-refractivity contribution >= 4 is 5.91 Å². The highest BCUT2D eigenvalue weighted by Gasteiger charge is 2.15. The number of hydrogen-bond donors (Lipinski definition) is 3. The van der Waals surface area contributed by atoms with E-state index in [2.05, 4.69) is 5.32 Å². The van der Waals surface area contributed by atoms with Crippen molar-refractivity contribution in [3.63, 3.8) is 0 Å². The molecule has 0 aliphatic carbocycles. The lowest BCUT2D eigenvalue weighted by Gasteiger charge is -2.16. The first-order chi connectivity index (χ1) is 10.4. The van der Waals surface area contributed by atoms with Crippen LogP contribution in [0.15, 0.2) is 42.5 Å². The predicted octanol–water partition coefficient (Wildman–Crippen LogP) is 2.57. The zero-order valence-electron chi connectivity index (χ0n) is 12.5. The average Bonchev–Trinajstić information content (AvgIpc) is 2.49. The molecule has 0 saturated carbocycles. The first kappa shape index (κ1) is 16.1. The highest BCUT2D eigenvalue weighted by Crippen LogP contribution is 2.17. The lowest BCUT2D eigenvalue weighted by atomic mass is 10.0. The highest BCUT2D eigenvalue weighted by atomic mass is 19.1. The lowest BCUT2D eigenvalue weighted by Crippen LogP contribution is -2.27. The Kier molecular flexibility index (Phi) is 4.90. The molecule has 2 aromatic rings. The van der Waals surface area contributed by atoms with Crippen molar-refractivity contribution in [2.75, 3.05) is 0 Å². The molecule has 22 heavy (non-hydrogen) atoms. The van der Waals surface area contributed by atoms with Crippen LogP contribution in [0, 0.1) is 12.7 Å². The van der Waals surface area contributed by atoms with Gasteiger partial charge < -0.3 is 16.2 Å². The number of rotatable bonds is 4. The number of amides is 1. The maximum absolute atomic E-state index is 13.7. The number of aliphatic hydroxyl groups is 1. The normalized spacial score (nSPS) is 13.5. The minimum absolute atomic E-state index is 0.0286. The monoisotopic (exact) mass is 302 g/mol. The number of carbonyl (C=O) groups is 1. The minimum Gasteiger partial charge on any atom is -0.375 e. The molecule has 0 heterocycles. The van der Waals surface area contributed by atoms with Gasteiger partial charge in [0, 0.05) is 0 Å². The Hall–Kier alpha value is -2.24. The predicted molar refractivity (Wildman–Crippen MR) is 82.6 cm³/mol. The molecular formula is C17H19FN2O2. The minimum atomic E-state index is -1.03. The maximum atomic E-state index is 13.7. The molecule has 0 bridgehead atoms. The summed E-state index contributed by atoms with van der Waals surface area (Å²) in [6.07, 6.45) is -1.03. The van der Waals surface area contributed by atoms with Crippen LogP contribution in [0.1, 0.15) is 46.2 Å². The Balaban J connectivity index is 2.12. The van der Waals surface area contributed by atoms with Crippen molar-refractivity contribution in [1.82, 2.24) is 5.32 Å². The Morgan fingerprint density at radius 2 is 1.77 bits per heavy atom. The van der Waals surface area contributed by atoms with Crippen LogP contribution in [0.2, 0.25) is 0 Å². The van der Waals surface area contributed by atoms with Gasteiger partial charge in [0.15, 0.2) is 0 Å². The standard InChI is InChI=1S/C17H19FN2O2/c1-10-3-8-15(18)14(9-10)17(22)20-11(2)12-4-6-13(7-5-12)16(19)21/h3-9,11,16,21H,19H2,1-2H3,(H,20,22). The van der Waals surface area contributed by atoms with Crippen LogP contribution < -0.4 is 11.1 Å². The Bertz CT molecular complexity index is 669. The van der Waals surface area contributed by atoms with Gasteiger partial charge in [-0.3, -0.25) is 4.79 Å². The van der Waals surface area contributed by atoms with Crippen LogP contribution in [0.4, 0.5) is 4.39 Å². The quantitative estimate of drug-likeness (QED) is 0.760. The van der Waals surface area contributed by atoms with Crippen LogP contribution in [-0.2, 0) is 0 Å². The third kappa shape index (κ3) is 3.69. The van der Waals surface area contributed by atoms with Crippen molar-refractivity contribution in [3.05, 3.63) is 70.5 Å². The number of nitrogens with two attached hydrogens (primary N) is 1. The number of aryl methyl sites for hydroxylation is 1. The van der Waals surface area contributed by atoms with E-state index < -0.39 is 18.0 Å². The Morgan fingerprint density at radius 3 is 2.36 bits per heavy atom. The fourth-order valence-corrected chi connectivity index (χ4v) is 2.15.